The van der Waals surface area contributed by atoms with Gasteiger partial charge in [-0.15, -0.1) is 0 Å². The quantitative estimate of drug-likeness (QED) is 0.793. The Bertz CT molecular complexity index is 458. The zero-order valence-electron chi connectivity index (χ0n) is 10.7. The van der Waals surface area contributed by atoms with Crippen LogP contribution in [0.25, 0.3) is 0 Å². The Labute approximate surface area is 112 Å². The third-order valence-corrected chi connectivity index (χ3v) is 3.46. The molecule has 2 unspecified atom stereocenters. The minimum atomic E-state index is -0.245. The predicted molar refractivity (Wildman–Crippen MR) is 70.2 cm³/mol. The average molecular weight is 262 g/mol. The van der Waals surface area contributed by atoms with Crippen LogP contribution in [0.4, 0.5) is 0 Å². The molecule has 0 aromatic heterocycles. The van der Waals surface area contributed by atoms with E-state index in [9.17, 15) is 4.79 Å². The van der Waals surface area contributed by atoms with Crippen molar-refractivity contribution in [1.29, 1.82) is 0 Å². The lowest BCUT2D eigenvalue weighted by Gasteiger charge is -2.29. The number of morpholine rings is 1. The summed E-state index contributed by atoms with van der Waals surface area (Å²) >= 11 is 0. The van der Waals surface area contributed by atoms with Crippen LogP contribution < -0.4 is 15.4 Å². The molecule has 2 N–H and O–H groups in total. The molecule has 102 valence electrons. The van der Waals surface area contributed by atoms with E-state index in [0.29, 0.717) is 19.8 Å². The summed E-state index contributed by atoms with van der Waals surface area (Å²) in [5.41, 5.74) is 1.15. The van der Waals surface area contributed by atoms with E-state index in [1.165, 1.54) is 0 Å². The van der Waals surface area contributed by atoms with Crippen molar-refractivity contribution in [3.05, 3.63) is 29.8 Å². The fourth-order valence-corrected chi connectivity index (χ4v) is 2.46. The molecule has 2 atom stereocenters. The number of amides is 1. The molecule has 5 heteroatoms. The van der Waals surface area contributed by atoms with E-state index in [1.54, 1.807) is 0 Å². The van der Waals surface area contributed by atoms with E-state index in [1.807, 2.05) is 24.3 Å². The van der Waals surface area contributed by atoms with Gasteiger partial charge in [0.1, 0.15) is 18.4 Å². The molecule has 0 bridgehead atoms. The second-order valence-electron chi connectivity index (χ2n) is 4.91. The first kappa shape index (κ1) is 12.4. The van der Waals surface area contributed by atoms with Crippen molar-refractivity contribution in [3.63, 3.8) is 0 Å². The Hall–Kier alpha value is -1.59. The van der Waals surface area contributed by atoms with Crippen LogP contribution in [-0.2, 0) is 16.0 Å². The van der Waals surface area contributed by atoms with Crippen LogP contribution in [-0.4, -0.2) is 44.4 Å². The molecule has 0 aliphatic carbocycles. The van der Waals surface area contributed by atoms with Crippen LogP contribution in [0, 0.1) is 0 Å². The van der Waals surface area contributed by atoms with Gasteiger partial charge in [0, 0.05) is 6.54 Å². The summed E-state index contributed by atoms with van der Waals surface area (Å²) in [5.74, 6) is 0.916. The Morgan fingerprint density at radius 1 is 1.32 bits per heavy atom. The molecule has 2 aliphatic heterocycles. The maximum atomic E-state index is 12.1. The molecule has 1 aromatic carbocycles. The number of carbonyl (C=O) groups excluding carboxylic acids is 1. The first-order chi connectivity index (χ1) is 9.33. The first-order valence-electron chi connectivity index (χ1n) is 6.65. The third kappa shape index (κ3) is 2.88. The summed E-state index contributed by atoms with van der Waals surface area (Å²) in [7, 11) is 0. The SMILES string of the molecule is O=C(NC1COc2ccccc2C1)C1COCCN1. The maximum Gasteiger partial charge on any atom is 0.239 e. The molecular weight excluding hydrogens is 244 g/mol. The van der Waals surface area contributed by atoms with Crippen molar-refractivity contribution in [2.24, 2.45) is 0 Å². The lowest BCUT2D eigenvalue weighted by atomic mass is 10.0. The topological polar surface area (TPSA) is 59.6 Å². The van der Waals surface area contributed by atoms with Gasteiger partial charge >= 0.3 is 0 Å². The Morgan fingerprint density at radius 3 is 3.05 bits per heavy atom. The van der Waals surface area contributed by atoms with Gasteiger partial charge in [0.05, 0.1) is 19.3 Å². The number of ether oxygens (including phenoxy) is 2. The molecule has 1 saturated heterocycles. The van der Waals surface area contributed by atoms with Crippen molar-refractivity contribution in [2.75, 3.05) is 26.4 Å². The fourth-order valence-electron chi connectivity index (χ4n) is 2.46. The average Bonchev–Trinajstić information content (AvgIpc) is 2.48. The highest BCUT2D eigenvalue weighted by Gasteiger charge is 2.26. The molecule has 1 amide bonds. The van der Waals surface area contributed by atoms with Gasteiger partial charge in [0.25, 0.3) is 0 Å². The van der Waals surface area contributed by atoms with Gasteiger partial charge < -0.3 is 20.1 Å². The normalized spacial score (nSPS) is 26.1. The number of hydrogen-bond donors (Lipinski definition) is 2. The number of nitrogens with one attached hydrogen (secondary N) is 2. The standard InChI is InChI=1S/C14H18N2O3/c17-14(12-9-18-6-5-15-12)16-11-7-10-3-1-2-4-13(10)19-8-11/h1-4,11-12,15H,5-9H2,(H,16,17). The van der Waals surface area contributed by atoms with E-state index in [-0.39, 0.29) is 18.0 Å². The summed E-state index contributed by atoms with van der Waals surface area (Å²) in [4.78, 5) is 12.1. The van der Waals surface area contributed by atoms with Crippen LogP contribution in [0.15, 0.2) is 24.3 Å². The highest BCUT2D eigenvalue weighted by molar-refractivity contribution is 5.82. The number of carbonyl (C=O) groups is 1. The van der Waals surface area contributed by atoms with Crippen LogP contribution in [0.1, 0.15) is 5.56 Å². The molecule has 2 aliphatic rings. The van der Waals surface area contributed by atoms with Crippen molar-refractivity contribution in [3.8, 4) is 5.75 Å². The van der Waals surface area contributed by atoms with E-state index in [2.05, 4.69) is 10.6 Å². The van der Waals surface area contributed by atoms with E-state index in [0.717, 1.165) is 24.3 Å². The fraction of sp³-hybridized carbons (Fsp3) is 0.500. The lowest BCUT2D eigenvalue weighted by molar-refractivity contribution is -0.126. The number of rotatable bonds is 2. The Kier molecular flexibility index (Phi) is 3.66. The number of hydrogen-bond acceptors (Lipinski definition) is 4. The smallest absolute Gasteiger partial charge is 0.239 e. The van der Waals surface area contributed by atoms with Gasteiger partial charge in [-0.3, -0.25) is 4.79 Å². The van der Waals surface area contributed by atoms with E-state index in [4.69, 9.17) is 9.47 Å². The summed E-state index contributed by atoms with van der Waals surface area (Å²) in [6.07, 6.45) is 0.815. The molecule has 1 aromatic rings. The zero-order valence-corrected chi connectivity index (χ0v) is 10.7. The molecule has 0 radical (unpaired) electrons. The van der Waals surface area contributed by atoms with Crippen LogP contribution in [0.3, 0.4) is 0 Å². The maximum absolute atomic E-state index is 12.1. The van der Waals surface area contributed by atoms with E-state index >= 15 is 0 Å². The van der Waals surface area contributed by atoms with Gasteiger partial charge in [0.15, 0.2) is 0 Å². The minimum Gasteiger partial charge on any atom is -0.491 e. The highest BCUT2D eigenvalue weighted by Crippen LogP contribution is 2.23. The second kappa shape index (κ2) is 5.59. The largest absolute Gasteiger partial charge is 0.491 e. The van der Waals surface area contributed by atoms with Crippen LogP contribution in [0.5, 0.6) is 5.75 Å². The van der Waals surface area contributed by atoms with E-state index < -0.39 is 0 Å². The molecule has 5 nitrogen and oxygen atoms in total. The highest BCUT2D eigenvalue weighted by atomic mass is 16.5. The summed E-state index contributed by atoms with van der Waals surface area (Å²) in [6.45, 7) is 2.36. The Balaban J connectivity index is 1.58. The predicted octanol–water partition coefficient (Wildman–Crippen LogP) is 0.0947. The van der Waals surface area contributed by atoms with Crippen molar-refractivity contribution in [2.45, 2.75) is 18.5 Å². The van der Waals surface area contributed by atoms with Crippen molar-refractivity contribution < 1.29 is 14.3 Å². The zero-order chi connectivity index (χ0) is 13.1. The third-order valence-electron chi connectivity index (χ3n) is 3.46. The molecule has 3 rings (SSSR count). The number of benzene rings is 1. The number of fused-ring (bicyclic) bond motifs is 1. The van der Waals surface area contributed by atoms with Crippen LogP contribution in [0.2, 0.25) is 0 Å². The summed E-state index contributed by atoms with van der Waals surface area (Å²) in [5, 5.41) is 6.17. The van der Waals surface area contributed by atoms with Crippen LogP contribution >= 0.6 is 0 Å². The summed E-state index contributed by atoms with van der Waals surface area (Å²) in [6, 6.07) is 7.74. The van der Waals surface area contributed by atoms with Gasteiger partial charge in [-0.2, -0.15) is 0 Å². The first-order valence-corrected chi connectivity index (χ1v) is 6.65. The summed E-state index contributed by atoms with van der Waals surface area (Å²) < 4.78 is 11.0. The van der Waals surface area contributed by atoms with Gasteiger partial charge in [-0.05, 0) is 18.1 Å². The molecule has 2 heterocycles. The molecule has 0 spiro atoms. The van der Waals surface area contributed by atoms with Gasteiger partial charge in [-0.1, -0.05) is 18.2 Å². The monoisotopic (exact) mass is 262 g/mol. The molecule has 19 heavy (non-hydrogen) atoms. The molecule has 1 fully saturated rings. The molecular formula is C14H18N2O3. The second-order valence-corrected chi connectivity index (χ2v) is 4.91. The Morgan fingerprint density at radius 2 is 2.21 bits per heavy atom. The van der Waals surface area contributed by atoms with Gasteiger partial charge in [-0.25, -0.2) is 0 Å². The minimum absolute atomic E-state index is 0.00678. The lowest BCUT2D eigenvalue weighted by Crippen LogP contribution is -2.55. The van der Waals surface area contributed by atoms with Gasteiger partial charge in [0.2, 0.25) is 5.91 Å². The molecule has 0 saturated carbocycles. The van der Waals surface area contributed by atoms with Crippen molar-refractivity contribution in [1.82, 2.24) is 10.6 Å². The number of para-hydroxylation sites is 1. The van der Waals surface area contributed by atoms with Crippen molar-refractivity contribution >= 4 is 5.91 Å².